The van der Waals surface area contributed by atoms with Gasteiger partial charge in [0, 0.05) is 52.8 Å². The maximum Gasteiger partial charge on any atom is 0.0991 e. The highest BCUT2D eigenvalue weighted by molar-refractivity contribution is 7.26. The van der Waals surface area contributed by atoms with E-state index in [4.69, 9.17) is 0 Å². The fourth-order valence-electron chi connectivity index (χ4n) is 7.63. The number of nitrogens with zero attached hydrogens (tertiary/aromatic N) is 3. The molecule has 0 bridgehead atoms. The molecule has 47 heavy (non-hydrogen) atoms. The first kappa shape index (κ1) is 26.1. The maximum absolute atomic E-state index is 9.70. The molecule has 3 aromatic heterocycles. The number of aromatic nitrogens is 2. The average molecular weight is 616 g/mol. The first-order valence-electron chi connectivity index (χ1n) is 15.8. The second-order valence-corrected chi connectivity index (χ2v) is 13.1. The molecule has 3 heterocycles. The lowest BCUT2D eigenvalue weighted by Crippen LogP contribution is -2.01. The Balaban J connectivity index is 1.30. The molecule has 7 aromatic carbocycles. The van der Waals surface area contributed by atoms with Crippen LogP contribution in [0.25, 0.3) is 86.3 Å². The van der Waals surface area contributed by atoms with Crippen molar-refractivity contribution in [1.82, 2.24) is 9.13 Å². The Labute approximate surface area is 274 Å². The first-order valence-corrected chi connectivity index (χ1v) is 16.6. The predicted octanol–water partition coefficient (Wildman–Crippen LogP) is 11.8. The molecule has 0 saturated carbocycles. The van der Waals surface area contributed by atoms with Crippen molar-refractivity contribution in [3.05, 3.63) is 157 Å². The van der Waals surface area contributed by atoms with Crippen LogP contribution in [0.4, 0.5) is 0 Å². The minimum atomic E-state index is 0.665. The van der Waals surface area contributed by atoms with Gasteiger partial charge in [0.1, 0.15) is 0 Å². The predicted molar refractivity (Wildman–Crippen MR) is 198 cm³/mol. The van der Waals surface area contributed by atoms with Crippen molar-refractivity contribution in [2.45, 2.75) is 0 Å². The van der Waals surface area contributed by atoms with E-state index in [1.165, 1.54) is 42.0 Å². The summed E-state index contributed by atoms with van der Waals surface area (Å²) in [4.78, 5) is 0. The van der Waals surface area contributed by atoms with Crippen molar-refractivity contribution in [2.75, 3.05) is 0 Å². The smallest absolute Gasteiger partial charge is 0.0991 e. The molecular formula is C43H25N3S. The summed E-state index contributed by atoms with van der Waals surface area (Å²) >= 11 is 1.86. The van der Waals surface area contributed by atoms with E-state index < -0.39 is 0 Å². The van der Waals surface area contributed by atoms with E-state index in [1.807, 2.05) is 23.5 Å². The normalized spacial score (nSPS) is 11.8. The molecule has 10 rings (SSSR count). The molecular weight excluding hydrogens is 591 g/mol. The molecule has 0 unspecified atom stereocenters. The summed E-state index contributed by atoms with van der Waals surface area (Å²) in [6, 6.07) is 56.5. The minimum Gasteiger partial charge on any atom is -0.309 e. The Bertz CT molecular complexity index is 2930. The van der Waals surface area contributed by atoms with Crippen LogP contribution < -0.4 is 0 Å². The molecule has 4 heteroatoms. The molecule has 0 aliphatic heterocycles. The lowest BCUT2D eigenvalue weighted by Gasteiger charge is -2.18. The Morgan fingerprint density at radius 1 is 0.426 bits per heavy atom. The van der Waals surface area contributed by atoms with Gasteiger partial charge in [-0.25, -0.2) is 0 Å². The summed E-state index contributed by atoms with van der Waals surface area (Å²) in [5.41, 5.74) is 9.79. The van der Waals surface area contributed by atoms with Crippen molar-refractivity contribution >= 4 is 75.1 Å². The Kier molecular flexibility index (Phi) is 5.51. The highest BCUT2D eigenvalue weighted by Gasteiger charge is 2.21. The van der Waals surface area contributed by atoms with Gasteiger partial charge in [-0.15, -0.1) is 11.3 Å². The standard InChI is InChI=1S/C43H25N3S/c44-26-27-21-22-38-33(25-27)30-13-3-8-18-36(30)45(38)34-16-6-1-11-28(34)29-12-2-7-17-35(29)46-37-19-9-4-14-31(37)42-39(46)23-24-41-43(42)32-15-5-10-20-40(32)47-41/h1-25H. The summed E-state index contributed by atoms with van der Waals surface area (Å²) in [5, 5.41) is 17.1. The van der Waals surface area contributed by atoms with Crippen LogP contribution in [0.3, 0.4) is 0 Å². The van der Waals surface area contributed by atoms with Crippen LogP contribution >= 0.6 is 11.3 Å². The van der Waals surface area contributed by atoms with E-state index >= 15 is 0 Å². The molecule has 0 atom stereocenters. The summed E-state index contributed by atoms with van der Waals surface area (Å²) in [6.07, 6.45) is 0. The Morgan fingerprint density at radius 3 is 1.72 bits per heavy atom. The first-order chi connectivity index (χ1) is 23.3. The third kappa shape index (κ3) is 3.66. The molecule has 0 radical (unpaired) electrons. The van der Waals surface area contributed by atoms with Crippen molar-refractivity contribution in [3.63, 3.8) is 0 Å². The van der Waals surface area contributed by atoms with Gasteiger partial charge in [0.05, 0.1) is 45.1 Å². The van der Waals surface area contributed by atoms with Crippen LogP contribution in [0.1, 0.15) is 5.56 Å². The monoisotopic (exact) mass is 615 g/mol. The highest BCUT2D eigenvalue weighted by atomic mass is 32.1. The minimum absolute atomic E-state index is 0.665. The summed E-state index contributed by atoms with van der Waals surface area (Å²) < 4.78 is 7.43. The van der Waals surface area contributed by atoms with E-state index in [9.17, 15) is 5.26 Å². The number of hydrogen-bond donors (Lipinski definition) is 0. The zero-order valence-corrected chi connectivity index (χ0v) is 26.0. The van der Waals surface area contributed by atoms with Crippen molar-refractivity contribution in [1.29, 1.82) is 5.26 Å². The topological polar surface area (TPSA) is 33.6 Å². The SMILES string of the molecule is N#Cc1ccc2c(c1)c1ccccc1n2-c1ccccc1-c1ccccc1-n1c2ccccc2c2c3c(ccc21)sc1ccccc13. The van der Waals surface area contributed by atoms with Crippen LogP contribution in [0.5, 0.6) is 0 Å². The second kappa shape index (κ2) is 9.92. The quantitative estimate of drug-likeness (QED) is 0.195. The van der Waals surface area contributed by atoms with Crippen LogP contribution in [0.15, 0.2) is 152 Å². The van der Waals surface area contributed by atoms with Crippen molar-refractivity contribution < 1.29 is 0 Å². The third-order valence-electron chi connectivity index (χ3n) is 9.56. The molecule has 0 amide bonds. The van der Waals surface area contributed by atoms with Gasteiger partial charge >= 0.3 is 0 Å². The van der Waals surface area contributed by atoms with Gasteiger partial charge in [0.2, 0.25) is 0 Å². The molecule has 3 nitrogen and oxygen atoms in total. The maximum atomic E-state index is 9.70. The number of hydrogen-bond acceptors (Lipinski definition) is 2. The zero-order valence-electron chi connectivity index (χ0n) is 25.2. The van der Waals surface area contributed by atoms with Gasteiger partial charge in [0.25, 0.3) is 0 Å². The molecule has 0 N–H and O–H groups in total. The number of fused-ring (bicyclic) bond motifs is 10. The lowest BCUT2D eigenvalue weighted by atomic mass is 10.0. The van der Waals surface area contributed by atoms with Crippen LogP contribution in [-0.4, -0.2) is 9.13 Å². The molecule has 0 aliphatic carbocycles. The molecule has 0 aliphatic rings. The highest BCUT2D eigenvalue weighted by Crippen LogP contribution is 2.45. The van der Waals surface area contributed by atoms with Crippen molar-refractivity contribution in [3.8, 4) is 28.6 Å². The van der Waals surface area contributed by atoms with E-state index in [1.54, 1.807) is 0 Å². The van der Waals surface area contributed by atoms with Gasteiger partial charge in [-0.2, -0.15) is 5.26 Å². The number of thiophene rings is 1. The van der Waals surface area contributed by atoms with Gasteiger partial charge in [-0.3, -0.25) is 0 Å². The molecule has 0 spiro atoms. The van der Waals surface area contributed by atoms with E-state index in [-0.39, 0.29) is 0 Å². The molecule has 10 aromatic rings. The van der Waals surface area contributed by atoms with Gasteiger partial charge < -0.3 is 9.13 Å². The Morgan fingerprint density at radius 2 is 0.979 bits per heavy atom. The number of benzene rings is 7. The summed E-state index contributed by atoms with van der Waals surface area (Å²) in [5.74, 6) is 0. The third-order valence-corrected chi connectivity index (χ3v) is 10.7. The van der Waals surface area contributed by atoms with Gasteiger partial charge in [-0.05, 0) is 60.7 Å². The Hall–Kier alpha value is -6.15. The van der Waals surface area contributed by atoms with Crippen LogP contribution in [0, 0.1) is 11.3 Å². The number of para-hydroxylation sites is 4. The molecule has 0 fully saturated rings. The van der Waals surface area contributed by atoms with Crippen molar-refractivity contribution in [2.24, 2.45) is 0 Å². The number of rotatable bonds is 3. The van der Waals surface area contributed by atoms with Gasteiger partial charge in [0.15, 0.2) is 0 Å². The van der Waals surface area contributed by atoms with E-state index in [2.05, 4.69) is 155 Å². The zero-order chi connectivity index (χ0) is 31.1. The molecule has 0 saturated heterocycles. The fraction of sp³-hybridized carbons (Fsp3) is 0. The number of nitriles is 1. The molecule has 218 valence electrons. The largest absolute Gasteiger partial charge is 0.309 e. The fourth-order valence-corrected chi connectivity index (χ4v) is 8.74. The average Bonchev–Trinajstić information content (AvgIpc) is 3.79. The van der Waals surface area contributed by atoms with Crippen LogP contribution in [0.2, 0.25) is 0 Å². The second-order valence-electron chi connectivity index (χ2n) is 12.0. The lowest BCUT2D eigenvalue weighted by molar-refractivity contribution is 1.16. The summed E-state index contributed by atoms with van der Waals surface area (Å²) in [6.45, 7) is 0. The summed E-state index contributed by atoms with van der Waals surface area (Å²) in [7, 11) is 0. The van der Waals surface area contributed by atoms with Crippen LogP contribution in [-0.2, 0) is 0 Å². The van der Waals surface area contributed by atoms with E-state index in [0.29, 0.717) is 5.56 Å². The van der Waals surface area contributed by atoms with Gasteiger partial charge in [-0.1, -0.05) is 91.0 Å². The van der Waals surface area contributed by atoms with E-state index in [0.717, 1.165) is 44.3 Å².